The number of ketones is 1. The number of carboxylic acids is 2. The van der Waals surface area contributed by atoms with Crippen LogP contribution in [-0.2, 0) is 9.59 Å². The zero-order valence-corrected chi connectivity index (χ0v) is 12.2. The van der Waals surface area contributed by atoms with Crippen molar-refractivity contribution in [2.45, 2.75) is 12.8 Å². The van der Waals surface area contributed by atoms with Gasteiger partial charge in [0.15, 0.2) is 5.78 Å². The molecule has 0 bridgehead atoms. The number of hydrogen-bond donors (Lipinski definition) is 2. The van der Waals surface area contributed by atoms with E-state index < -0.39 is 29.5 Å². The molecule has 0 fully saturated rings. The Hall–Kier alpha value is -2.28. The number of aliphatic carboxylic acids is 2. The van der Waals surface area contributed by atoms with Crippen LogP contribution in [0, 0.1) is 11.7 Å². The molecule has 1 aromatic rings. The number of carboxylic acid groups (broad SMARTS) is 2. The van der Waals surface area contributed by atoms with E-state index in [0.29, 0.717) is 0 Å². The Morgan fingerprint density at radius 2 is 1.73 bits per heavy atom. The molecule has 0 radical (unpaired) electrons. The van der Waals surface area contributed by atoms with Gasteiger partial charge in [0.1, 0.15) is 5.82 Å². The maximum Gasteiger partial charge on any atom is 0.304 e. The maximum absolute atomic E-state index is 12.9. The largest absolute Gasteiger partial charge is 0.481 e. The molecule has 0 aliphatic carbocycles. The van der Waals surface area contributed by atoms with Crippen LogP contribution in [0.4, 0.5) is 4.39 Å². The third-order valence-corrected chi connectivity index (χ3v) is 3.16. The number of Topliss-reactive ketones (excluding diaryl/α,β-unsaturated/α-hetero) is 1. The van der Waals surface area contributed by atoms with Crippen molar-refractivity contribution in [2.24, 2.45) is 5.92 Å². The lowest BCUT2D eigenvalue weighted by Gasteiger charge is -2.21. The van der Waals surface area contributed by atoms with E-state index in [1.165, 1.54) is 12.1 Å². The summed E-state index contributed by atoms with van der Waals surface area (Å²) >= 11 is 0. The van der Waals surface area contributed by atoms with Gasteiger partial charge in [-0.2, -0.15) is 0 Å². The summed E-state index contributed by atoms with van der Waals surface area (Å²) in [7, 11) is 1.62. The molecule has 1 atom stereocenters. The molecule has 0 aromatic heterocycles. The van der Waals surface area contributed by atoms with E-state index in [2.05, 4.69) is 0 Å². The van der Waals surface area contributed by atoms with Crippen LogP contribution in [0.3, 0.4) is 0 Å². The standard InChI is InChI=1S/C15H18FNO5/c1-17(7-6-13(18)19)9-11(8-14(20)21)15(22)10-2-4-12(16)5-3-10/h2-5,11H,6-9H2,1H3,(H,18,19)(H,20,21). The second-order valence-electron chi connectivity index (χ2n) is 5.07. The summed E-state index contributed by atoms with van der Waals surface area (Å²) in [5, 5.41) is 17.6. The van der Waals surface area contributed by atoms with E-state index in [4.69, 9.17) is 10.2 Å². The molecule has 2 N–H and O–H groups in total. The molecule has 0 aliphatic rings. The second-order valence-corrected chi connectivity index (χ2v) is 5.07. The molecule has 0 saturated heterocycles. The van der Waals surface area contributed by atoms with Crippen molar-refractivity contribution in [3.05, 3.63) is 35.6 Å². The maximum atomic E-state index is 12.9. The Morgan fingerprint density at radius 3 is 2.23 bits per heavy atom. The zero-order chi connectivity index (χ0) is 16.7. The van der Waals surface area contributed by atoms with Gasteiger partial charge in [-0.05, 0) is 31.3 Å². The average Bonchev–Trinajstić information content (AvgIpc) is 2.44. The van der Waals surface area contributed by atoms with Gasteiger partial charge in [-0.1, -0.05) is 0 Å². The van der Waals surface area contributed by atoms with E-state index in [1.807, 2.05) is 0 Å². The summed E-state index contributed by atoms with van der Waals surface area (Å²) in [6.07, 6.45) is -0.464. The van der Waals surface area contributed by atoms with Crippen molar-refractivity contribution >= 4 is 17.7 Å². The first-order valence-corrected chi connectivity index (χ1v) is 6.71. The third kappa shape index (κ3) is 6.01. The molecule has 1 unspecified atom stereocenters. The Kier molecular flexibility index (Phi) is 6.65. The molecule has 7 heteroatoms. The molecule has 1 rings (SSSR count). The van der Waals surface area contributed by atoms with Crippen LogP contribution < -0.4 is 0 Å². The Bertz CT molecular complexity index is 543. The lowest BCUT2D eigenvalue weighted by Crippen LogP contribution is -2.33. The number of benzene rings is 1. The summed E-state index contributed by atoms with van der Waals surface area (Å²) in [4.78, 5) is 35.4. The minimum absolute atomic E-state index is 0.0962. The molecule has 22 heavy (non-hydrogen) atoms. The van der Waals surface area contributed by atoms with E-state index >= 15 is 0 Å². The normalized spacial score (nSPS) is 12.1. The quantitative estimate of drug-likeness (QED) is 0.671. The minimum atomic E-state index is -1.12. The van der Waals surface area contributed by atoms with Crippen LogP contribution in [0.2, 0.25) is 0 Å². The molecule has 0 heterocycles. The molecule has 0 spiro atoms. The summed E-state index contributed by atoms with van der Waals surface area (Å²) in [5.74, 6) is -3.78. The number of halogens is 1. The topological polar surface area (TPSA) is 94.9 Å². The molecule has 0 saturated carbocycles. The van der Waals surface area contributed by atoms with Gasteiger partial charge in [-0.3, -0.25) is 14.4 Å². The highest BCUT2D eigenvalue weighted by atomic mass is 19.1. The molecule has 1 aromatic carbocycles. The molecule has 120 valence electrons. The van der Waals surface area contributed by atoms with Gasteiger partial charge in [0, 0.05) is 24.6 Å². The van der Waals surface area contributed by atoms with Gasteiger partial charge < -0.3 is 15.1 Å². The lowest BCUT2D eigenvalue weighted by molar-refractivity contribution is -0.139. The van der Waals surface area contributed by atoms with Crippen molar-refractivity contribution in [1.29, 1.82) is 0 Å². The van der Waals surface area contributed by atoms with E-state index in [-0.39, 0.29) is 31.5 Å². The van der Waals surface area contributed by atoms with Crippen molar-refractivity contribution < 1.29 is 29.0 Å². The smallest absolute Gasteiger partial charge is 0.304 e. The molecule has 0 amide bonds. The number of carbonyl (C=O) groups excluding carboxylic acids is 1. The molecular weight excluding hydrogens is 293 g/mol. The molecule has 0 aliphatic heterocycles. The molecule has 6 nitrogen and oxygen atoms in total. The van der Waals surface area contributed by atoms with E-state index in [9.17, 15) is 18.8 Å². The van der Waals surface area contributed by atoms with Gasteiger partial charge in [0.05, 0.1) is 12.8 Å². The van der Waals surface area contributed by atoms with Crippen LogP contribution in [-0.4, -0.2) is 53.0 Å². The highest BCUT2D eigenvalue weighted by molar-refractivity contribution is 5.99. The predicted molar refractivity (Wildman–Crippen MR) is 76.2 cm³/mol. The highest BCUT2D eigenvalue weighted by Crippen LogP contribution is 2.15. The van der Waals surface area contributed by atoms with Crippen molar-refractivity contribution in [1.82, 2.24) is 4.90 Å². The predicted octanol–water partition coefficient (Wildman–Crippen LogP) is 1.51. The Labute approximate surface area is 127 Å². The second kappa shape index (κ2) is 8.23. The van der Waals surface area contributed by atoms with Gasteiger partial charge in [-0.25, -0.2) is 4.39 Å². The summed E-state index contributed by atoms with van der Waals surface area (Å²) in [5.41, 5.74) is 0.235. The van der Waals surface area contributed by atoms with Crippen LogP contribution >= 0.6 is 0 Å². The first-order chi connectivity index (χ1) is 10.3. The van der Waals surface area contributed by atoms with Crippen LogP contribution in [0.5, 0.6) is 0 Å². The van der Waals surface area contributed by atoms with E-state index in [0.717, 1.165) is 12.1 Å². The number of nitrogens with zero attached hydrogens (tertiary/aromatic N) is 1. The number of carbonyl (C=O) groups is 3. The van der Waals surface area contributed by atoms with Gasteiger partial charge in [0.2, 0.25) is 0 Å². The Morgan fingerprint density at radius 1 is 1.14 bits per heavy atom. The van der Waals surface area contributed by atoms with Gasteiger partial charge in [-0.15, -0.1) is 0 Å². The first kappa shape index (κ1) is 17.8. The fraction of sp³-hybridized carbons (Fsp3) is 0.400. The number of rotatable bonds is 9. The summed E-state index contributed by atoms with van der Waals surface area (Å²) in [6, 6.07) is 4.89. The summed E-state index contributed by atoms with van der Waals surface area (Å²) < 4.78 is 12.9. The highest BCUT2D eigenvalue weighted by Gasteiger charge is 2.24. The Balaban J connectivity index is 2.78. The monoisotopic (exact) mass is 311 g/mol. The fourth-order valence-electron chi connectivity index (χ4n) is 2.05. The van der Waals surface area contributed by atoms with Gasteiger partial charge >= 0.3 is 11.9 Å². The average molecular weight is 311 g/mol. The van der Waals surface area contributed by atoms with Crippen molar-refractivity contribution in [2.75, 3.05) is 20.1 Å². The van der Waals surface area contributed by atoms with Crippen LogP contribution in [0.1, 0.15) is 23.2 Å². The minimum Gasteiger partial charge on any atom is -0.481 e. The lowest BCUT2D eigenvalue weighted by atomic mass is 9.94. The van der Waals surface area contributed by atoms with Gasteiger partial charge in [0.25, 0.3) is 0 Å². The van der Waals surface area contributed by atoms with Crippen LogP contribution in [0.25, 0.3) is 0 Å². The fourth-order valence-corrected chi connectivity index (χ4v) is 2.05. The summed E-state index contributed by atoms with van der Waals surface area (Å²) in [6.45, 7) is 0.331. The van der Waals surface area contributed by atoms with Crippen molar-refractivity contribution in [3.63, 3.8) is 0 Å². The van der Waals surface area contributed by atoms with Crippen molar-refractivity contribution in [3.8, 4) is 0 Å². The SMILES string of the molecule is CN(CCC(=O)O)CC(CC(=O)O)C(=O)c1ccc(F)cc1. The first-order valence-electron chi connectivity index (χ1n) is 6.71. The third-order valence-electron chi connectivity index (χ3n) is 3.16. The zero-order valence-electron chi connectivity index (χ0n) is 12.2. The number of hydrogen-bond acceptors (Lipinski definition) is 4. The van der Waals surface area contributed by atoms with Crippen LogP contribution in [0.15, 0.2) is 24.3 Å². The molecular formula is C15H18FNO5. The van der Waals surface area contributed by atoms with E-state index in [1.54, 1.807) is 11.9 Å².